The van der Waals surface area contributed by atoms with E-state index in [9.17, 15) is 26.7 Å². The Balaban J connectivity index is 2.22. The van der Waals surface area contributed by atoms with Gasteiger partial charge in [0, 0.05) is 24.1 Å². The molecule has 3 rings (SSSR count). The van der Waals surface area contributed by atoms with E-state index < -0.39 is 60.1 Å². The number of benzene rings is 1. The zero-order valence-electron chi connectivity index (χ0n) is 14.6. The van der Waals surface area contributed by atoms with Gasteiger partial charge in [-0.05, 0) is 25.1 Å². The van der Waals surface area contributed by atoms with Crippen LogP contribution in [0.3, 0.4) is 0 Å². The number of nitrogens with zero attached hydrogens (tertiary/aromatic N) is 2. The van der Waals surface area contributed by atoms with E-state index in [-0.39, 0.29) is 11.4 Å². The van der Waals surface area contributed by atoms with Gasteiger partial charge in [0.05, 0.1) is 5.84 Å². The highest BCUT2D eigenvalue weighted by atomic mass is 19.3. The minimum atomic E-state index is -4.06. The largest absolute Gasteiger partial charge is 0.476 e. The van der Waals surface area contributed by atoms with Crippen LogP contribution < -0.4 is 16.4 Å². The van der Waals surface area contributed by atoms with E-state index in [4.69, 9.17) is 16.2 Å². The third kappa shape index (κ3) is 2.85. The minimum Gasteiger partial charge on any atom is -0.476 e. The number of carbonyl (C=O) groups is 1. The van der Waals surface area contributed by atoms with E-state index in [1.54, 1.807) is 0 Å². The van der Waals surface area contributed by atoms with Crippen molar-refractivity contribution >= 4 is 17.4 Å². The molecule has 0 fully saturated rings. The van der Waals surface area contributed by atoms with E-state index in [0.717, 1.165) is 24.5 Å². The maximum absolute atomic E-state index is 14.7. The predicted molar refractivity (Wildman–Crippen MR) is 90.2 cm³/mol. The summed E-state index contributed by atoms with van der Waals surface area (Å²) in [6.07, 6.45) is -4.90. The SMILES string of the molecule is C[C@@H]1OC=C(C(N)=O)N1c1ccc(F)c(C2(C(F)F)N=C(N)CCC2(F)F)c1. The molecular weight excluding hydrogens is 387 g/mol. The molecule has 0 spiro atoms. The summed E-state index contributed by atoms with van der Waals surface area (Å²) in [4.78, 5) is 16.1. The number of halogens is 5. The zero-order chi connectivity index (χ0) is 20.9. The van der Waals surface area contributed by atoms with Gasteiger partial charge in [0.1, 0.15) is 17.8 Å². The van der Waals surface area contributed by atoms with Gasteiger partial charge in [-0.15, -0.1) is 0 Å². The number of hydrogen-bond donors (Lipinski definition) is 2. The van der Waals surface area contributed by atoms with Gasteiger partial charge in [-0.25, -0.2) is 26.9 Å². The first-order valence-corrected chi connectivity index (χ1v) is 8.26. The molecule has 152 valence electrons. The van der Waals surface area contributed by atoms with Crippen LogP contribution in [0, 0.1) is 5.82 Å². The average molecular weight is 404 g/mol. The number of amides is 1. The van der Waals surface area contributed by atoms with Crippen molar-refractivity contribution < 1.29 is 31.5 Å². The molecule has 0 aromatic heterocycles. The monoisotopic (exact) mass is 404 g/mol. The number of amidine groups is 1. The fourth-order valence-electron chi connectivity index (χ4n) is 3.38. The number of anilines is 1. The second kappa shape index (κ2) is 6.64. The first kappa shape index (κ1) is 19.9. The van der Waals surface area contributed by atoms with Crippen molar-refractivity contribution in [1.82, 2.24) is 0 Å². The minimum absolute atomic E-state index is 0.0402. The second-order valence-corrected chi connectivity index (χ2v) is 6.51. The Bertz CT molecular complexity index is 873. The summed E-state index contributed by atoms with van der Waals surface area (Å²) in [6, 6.07) is 2.67. The lowest BCUT2D eigenvalue weighted by Crippen LogP contribution is -2.54. The third-order valence-corrected chi connectivity index (χ3v) is 4.78. The normalized spacial score (nSPS) is 26.7. The van der Waals surface area contributed by atoms with Crippen molar-refractivity contribution in [2.45, 2.75) is 43.9 Å². The number of rotatable bonds is 4. The quantitative estimate of drug-likeness (QED) is 0.755. The molecule has 0 aliphatic carbocycles. The summed E-state index contributed by atoms with van der Waals surface area (Å²) in [7, 11) is 0. The molecule has 1 amide bonds. The lowest BCUT2D eigenvalue weighted by atomic mass is 9.79. The average Bonchev–Trinajstić information content (AvgIpc) is 2.99. The van der Waals surface area contributed by atoms with Crippen LogP contribution in [0.2, 0.25) is 0 Å². The molecule has 1 aromatic rings. The van der Waals surface area contributed by atoms with Crippen molar-refractivity contribution in [3.05, 3.63) is 41.5 Å². The Hall–Kier alpha value is -2.85. The zero-order valence-corrected chi connectivity index (χ0v) is 14.6. The van der Waals surface area contributed by atoms with Crippen molar-refractivity contribution in [3.63, 3.8) is 0 Å². The number of carbonyl (C=O) groups excluding carboxylic acids is 1. The van der Waals surface area contributed by atoms with Gasteiger partial charge in [0.2, 0.25) is 5.54 Å². The molecule has 1 unspecified atom stereocenters. The number of hydrogen-bond acceptors (Lipinski definition) is 5. The molecule has 0 bridgehead atoms. The van der Waals surface area contributed by atoms with Crippen molar-refractivity contribution in [2.75, 3.05) is 4.90 Å². The van der Waals surface area contributed by atoms with Crippen LogP contribution in [0.1, 0.15) is 25.3 Å². The fraction of sp³-hybridized carbons (Fsp3) is 0.412. The van der Waals surface area contributed by atoms with Gasteiger partial charge in [0.25, 0.3) is 18.3 Å². The molecule has 2 aliphatic rings. The summed E-state index contributed by atoms with van der Waals surface area (Å²) >= 11 is 0. The van der Waals surface area contributed by atoms with Crippen LogP contribution in [-0.2, 0) is 15.1 Å². The standard InChI is InChI=1S/C17H17F5N4O2/c1-8-26(12(7-28-8)14(24)27)9-2-3-11(18)10(6-9)17(15(19)20)16(21,22)5-4-13(23)25-17/h2-3,6-8,15H,4-5H2,1H3,(H2,23,25)(H2,24,27)/t8-,17?/m0/s1. The Morgan fingerprint density at radius 1 is 1.39 bits per heavy atom. The van der Waals surface area contributed by atoms with Crippen LogP contribution in [0.25, 0.3) is 0 Å². The molecule has 0 radical (unpaired) electrons. The maximum Gasteiger partial charge on any atom is 0.283 e. The fourth-order valence-corrected chi connectivity index (χ4v) is 3.38. The highest BCUT2D eigenvalue weighted by Crippen LogP contribution is 2.51. The number of primary amides is 1. The maximum atomic E-state index is 14.7. The van der Waals surface area contributed by atoms with E-state index >= 15 is 0 Å². The molecule has 4 N–H and O–H groups in total. The van der Waals surface area contributed by atoms with Gasteiger partial charge in [0.15, 0.2) is 6.23 Å². The van der Waals surface area contributed by atoms with E-state index in [1.165, 1.54) is 11.8 Å². The van der Waals surface area contributed by atoms with Crippen LogP contribution in [0.15, 0.2) is 35.2 Å². The molecule has 28 heavy (non-hydrogen) atoms. The summed E-state index contributed by atoms with van der Waals surface area (Å²) in [6.45, 7) is 1.50. The Morgan fingerprint density at radius 2 is 2.07 bits per heavy atom. The Labute approximate surface area is 156 Å². The van der Waals surface area contributed by atoms with Crippen molar-refractivity contribution in [2.24, 2.45) is 16.5 Å². The molecule has 11 heteroatoms. The van der Waals surface area contributed by atoms with Gasteiger partial charge < -0.3 is 16.2 Å². The second-order valence-electron chi connectivity index (χ2n) is 6.51. The van der Waals surface area contributed by atoms with Crippen LogP contribution >= 0.6 is 0 Å². The molecule has 6 nitrogen and oxygen atoms in total. The highest BCUT2D eigenvalue weighted by Gasteiger charge is 2.64. The summed E-state index contributed by atoms with van der Waals surface area (Å²) in [5, 5.41) is 0. The molecule has 2 aliphatic heterocycles. The van der Waals surface area contributed by atoms with Crippen LogP contribution in [0.5, 0.6) is 0 Å². The van der Waals surface area contributed by atoms with Crippen LogP contribution in [-0.4, -0.2) is 30.3 Å². The summed E-state index contributed by atoms with van der Waals surface area (Å²) in [5.74, 6) is -6.69. The van der Waals surface area contributed by atoms with Gasteiger partial charge in [-0.1, -0.05) is 0 Å². The van der Waals surface area contributed by atoms with Gasteiger partial charge in [-0.3, -0.25) is 9.69 Å². The number of alkyl halides is 4. The van der Waals surface area contributed by atoms with Gasteiger partial charge >= 0.3 is 0 Å². The third-order valence-electron chi connectivity index (χ3n) is 4.78. The molecule has 1 aromatic carbocycles. The molecular formula is C17H17F5N4O2. The highest BCUT2D eigenvalue weighted by molar-refractivity contribution is 5.96. The van der Waals surface area contributed by atoms with Crippen molar-refractivity contribution in [3.8, 4) is 0 Å². The molecule has 2 atom stereocenters. The first-order chi connectivity index (χ1) is 13.0. The number of nitrogens with two attached hydrogens (primary N) is 2. The smallest absolute Gasteiger partial charge is 0.283 e. The lowest BCUT2D eigenvalue weighted by molar-refractivity contribution is -0.145. The van der Waals surface area contributed by atoms with E-state index in [1.807, 2.05) is 0 Å². The van der Waals surface area contributed by atoms with E-state index in [0.29, 0.717) is 0 Å². The van der Waals surface area contributed by atoms with Gasteiger partial charge in [-0.2, -0.15) is 0 Å². The van der Waals surface area contributed by atoms with Crippen molar-refractivity contribution in [1.29, 1.82) is 0 Å². The molecule has 0 saturated heterocycles. The lowest BCUT2D eigenvalue weighted by Gasteiger charge is -2.40. The Morgan fingerprint density at radius 3 is 2.68 bits per heavy atom. The topological polar surface area (TPSA) is 93.9 Å². The summed E-state index contributed by atoms with van der Waals surface area (Å²) < 4.78 is 77.0. The van der Waals surface area contributed by atoms with E-state index in [2.05, 4.69) is 4.99 Å². The molecule has 2 heterocycles. The van der Waals surface area contributed by atoms with Crippen LogP contribution in [0.4, 0.5) is 27.6 Å². The first-order valence-electron chi connectivity index (χ1n) is 8.26. The Kier molecular flexibility index (Phi) is 4.72. The predicted octanol–water partition coefficient (Wildman–Crippen LogP) is 2.58. The summed E-state index contributed by atoms with van der Waals surface area (Å²) in [5.41, 5.74) is 6.01. The molecule has 0 saturated carbocycles. The number of aliphatic imine (C=N–C) groups is 1. The number of ether oxygens (including phenoxy) is 1.